The first-order valence-electron chi connectivity index (χ1n) is 15.7. The van der Waals surface area contributed by atoms with Crippen LogP contribution in [-0.4, -0.2) is 52.9 Å². The van der Waals surface area contributed by atoms with E-state index in [4.69, 9.17) is 19.0 Å². The molecule has 3 fully saturated rings. The molecule has 5 rings (SSSR count). The Morgan fingerprint density at radius 2 is 1.50 bits per heavy atom. The van der Waals surface area contributed by atoms with E-state index < -0.39 is 60.0 Å². The first kappa shape index (κ1) is 34.3. The highest BCUT2D eigenvalue weighted by Crippen LogP contribution is 2.42. The molecule has 0 bridgehead atoms. The highest BCUT2D eigenvalue weighted by atomic mass is 19.4. The van der Waals surface area contributed by atoms with Gasteiger partial charge in [0.05, 0.1) is 34.9 Å². The summed E-state index contributed by atoms with van der Waals surface area (Å²) in [6, 6.07) is 2.48. The normalized spacial score (nSPS) is 23.6. The molecule has 0 N–H and O–H groups in total. The third kappa shape index (κ3) is 6.69. The molecule has 46 heavy (non-hydrogen) atoms. The summed E-state index contributed by atoms with van der Waals surface area (Å²) < 4.78 is 99.6. The minimum atomic E-state index is -5.03. The van der Waals surface area contributed by atoms with Crippen molar-refractivity contribution >= 4 is 24.5 Å². The summed E-state index contributed by atoms with van der Waals surface area (Å²) in [5.74, 6) is 0.650. The molecule has 2 atom stereocenters. The number of hydrogen-bond donors (Lipinski definition) is 0. The molecule has 2 saturated heterocycles. The lowest BCUT2D eigenvalue weighted by atomic mass is 9.79. The van der Waals surface area contributed by atoms with Crippen LogP contribution in [0.15, 0.2) is 30.5 Å². The fourth-order valence-corrected chi connectivity index (χ4v) is 6.46. The van der Waals surface area contributed by atoms with E-state index >= 15 is 0 Å². The standard InChI is InChI=1S/C32H40BF6N3O4/c1-7-41(25-11-9-8-10-12-25)27-21(15-24(17-40-27)33-45-29(3,4)30(5,6)46-33)18-42-19(2)26(44-28(42)43)20-13-22(31(34,35)36)16-23(14-20)32(37,38)39/h13-17,19,25-26H,7-12,18H2,1-6H3. The van der Waals surface area contributed by atoms with Crippen molar-refractivity contribution in [3.05, 3.63) is 52.7 Å². The van der Waals surface area contributed by atoms with E-state index in [-0.39, 0.29) is 24.2 Å². The highest BCUT2D eigenvalue weighted by molar-refractivity contribution is 6.62. The zero-order chi connectivity index (χ0) is 33.8. The molecule has 1 amide bonds. The lowest BCUT2D eigenvalue weighted by Crippen LogP contribution is -2.41. The molecule has 0 radical (unpaired) electrons. The molecule has 14 heteroatoms. The van der Waals surface area contributed by atoms with Gasteiger partial charge < -0.3 is 18.9 Å². The summed E-state index contributed by atoms with van der Waals surface area (Å²) in [6.07, 6.45) is -5.30. The number of amides is 1. The summed E-state index contributed by atoms with van der Waals surface area (Å²) in [5, 5.41) is 0. The summed E-state index contributed by atoms with van der Waals surface area (Å²) >= 11 is 0. The average molecular weight is 655 g/mol. The van der Waals surface area contributed by atoms with Crippen LogP contribution in [0.3, 0.4) is 0 Å². The lowest BCUT2D eigenvalue weighted by molar-refractivity contribution is -0.143. The Morgan fingerprint density at radius 1 is 0.935 bits per heavy atom. The monoisotopic (exact) mass is 655 g/mol. The summed E-state index contributed by atoms with van der Waals surface area (Å²) in [6.45, 7) is 11.9. The second-order valence-electron chi connectivity index (χ2n) is 13.4. The predicted octanol–water partition coefficient (Wildman–Crippen LogP) is 7.66. The molecule has 1 aromatic heterocycles. The van der Waals surface area contributed by atoms with Crippen LogP contribution in [0.4, 0.5) is 37.0 Å². The van der Waals surface area contributed by atoms with E-state index in [1.807, 2.05) is 40.7 Å². The second-order valence-corrected chi connectivity index (χ2v) is 13.4. The van der Waals surface area contributed by atoms with Crippen molar-refractivity contribution in [2.24, 2.45) is 0 Å². The van der Waals surface area contributed by atoms with Crippen LogP contribution in [0, 0.1) is 0 Å². The van der Waals surface area contributed by atoms with Crippen LogP contribution in [-0.2, 0) is 32.9 Å². The molecule has 1 aliphatic carbocycles. The van der Waals surface area contributed by atoms with Crippen molar-refractivity contribution in [1.29, 1.82) is 0 Å². The zero-order valence-corrected chi connectivity index (χ0v) is 26.9. The number of rotatable bonds is 7. The van der Waals surface area contributed by atoms with Gasteiger partial charge in [-0.2, -0.15) is 26.3 Å². The number of halogens is 6. The van der Waals surface area contributed by atoms with Gasteiger partial charge in [0, 0.05) is 29.8 Å². The number of alkyl halides is 6. The Balaban J connectivity index is 1.51. The molecule has 3 aliphatic rings. The van der Waals surface area contributed by atoms with Gasteiger partial charge in [-0.3, -0.25) is 4.90 Å². The van der Waals surface area contributed by atoms with E-state index in [1.54, 1.807) is 13.1 Å². The third-order valence-electron chi connectivity index (χ3n) is 9.79. The Hall–Kier alpha value is -3.00. The number of nitrogens with zero attached hydrogens (tertiary/aromatic N) is 3. The van der Waals surface area contributed by atoms with E-state index in [1.165, 1.54) is 4.90 Å². The summed E-state index contributed by atoms with van der Waals surface area (Å²) in [4.78, 5) is 21.6. The molecule has 0 spiro atoms. The Labute approximate surface area is 265 Å². The number of hydrogen-bond acceptors (Lipinski definition) is 6. The average Bonchev–Trinajstić information content (AvgIpc) is 3.38. The van der Waals surface area contributed by atoms with Gasteiger partial charge in [-0.15, -0.1) is 0 Å². The number of carbonyl (C=O) groups excluding carboxylic acids is 1. The van der Waals surface area contributed by atoms with Crippen LogP contribution >= 0.6 is 0 Å². The van der Waals surface area contributed by atoms with Crippen LogP contribution in [0.2, 0.25) is 0 Å². The van der Waals surface area contributed by atoms with E-state index in [2.05, 4.69) is 4.90 Å². The van der Waals surface area contributed by atoms with Gasteiger partial charge in [0.1, 0.15) is 11.9 Å². The largest absolute Gasteiger partial charge is 0.496 e. The first-order valence-corrected chi connectivity index (χ1v) is 15.7. The molecule has 2 unspecified atom stereocenters. The van der Waals surface area contributed by atoms with Crippen LogP contribution in [0.25, 0.3) is 0 Å². The van der Waals surface area contributed by atoms with Gasteiger partial charge >= 0.3 is 25.6 Å². The molecule has 2 aliphatic heterocycles. The minimum absolute atomic E-state index is 0.0412. The maximum Gasteiger partial charge on any atom is 0.496 e. The Bertz CT molecular complexity index is 1400. The van der Waals surface area contributed by atoms with E-state index in [0.29, 0.717) is 35.5 Å². The Morgan fingerprint density at radius 3 is 2.02 bits per heavy atom. The lowest BCUT2D eigenvalue weighted by Gasteiger charge is -2.36. The van der Waals surface area contributed by atoms with Gasteiger partial charge in [-0.25, -0.2) is 9.78 Å². The SMILES string of the molecule is CCN(c1ncc(B2OC(C)(C)C(C)(C)O2)cc1CN1C(=O)OC(c2cc(C(F)(F)F)cc(C(F)(F)F)c2)C1C)C1CCCCC1. The topological polar surface area (TPSA) is 64.1 Å². The number of cyclic esters (lactones) is 1. The number of pyridine rings is 1. The van der Waals surface area contributed by atoms with Crippen LogP contribution < -0.4 is 10.4 Å². The fourth-order valence-electron chi connectivity index (χ4n) is 6.46. The fraction of sp³-hybridized carbons (Fsp3) is 0.625. The maximum absolute atomic E-state index is 13.6. The van der Waals surface area contributed by atoms with Gasteiger partial charge in [0.25, 0.3) is 0 Å². The minimum Gasteiger partial charge on any atom is -0.439 e. The number of ether oxygens (including phenoxy) is 1. The molecule has 2 aromatic rings. The van der Waals surface area contributed by atoms with Crippen LogP contribution in [0.1, 0.15) is 102 Å². The van der Waals surface area contributed by atoms with Crippen molar-refractivity contribution in [3.63, 3.8) is 0 Å². The highest BCUT2D eigenvalue weighted by Gasteiger charge is 2.52. The Kier molecular flexibility index (Phi) is 9.13. The van der Waals surface area contributed by atoms with Gasteiger partial charge in [0.15, 0.2) is 0 Å². The third-order valence-corrected chi connectivity index (χ3v) is 9.79. The maximum atomic E-state index is 13.6. The molecule has 1 aromatic carbocycles. The molecule has 252 valence electrons. The number of aromatic nitrogens is 1. The first-order chi connectivity index (χ1) is 21.3. The predicted molar refractivity (Wildman–Crippen MR) is 161 cm³/mol. The number of anilines is 1. The number of benzene rings is 1. The van der Waals surface area contributed by atoms with Crippen molar-refractivity contribution in [2.45, 2.75) is 122 Å². The van der Waals surface area contributed by atoms with Crippen molar-refractivity contribution in [2.75, 3.05) is 11.4 Å². The second kappa shape index (κ2) is 12.2. The van der Waals surface area contributed by atoms with Gasteiger partial charge in [-0.05, 0) is 78.1 Å². The summed E-state index contributed by atoms with van der Waals surface area (Å²) in [7, 11) is -0.739. The van der Waals surface area contributed by atoms with Gasteiger partial charge in [0.2, 0.25) is 0 Å². The number of carbonyl (C=O) groups is 1. The molecule has 1 saturated carbocycles. The zero-order valence-electron chi connectivity index (χ0n) is 26.9. The van der Waals surface area contributed by atoms with Crippen molar-refractivity contribution in [1.82, 2.24) is 9.88 Å². The molecular formula is C32H40BF6N3O4. The van der Waals surface area contributed by atoms with Crippen molar-refractivity contribution in [3.8, 4) is 0 Å². The molecule has 7 nitrogen and oxygen atoms in total. The van der Waals surface area contributed by atoms with Gasteiger partial charge in [-0.1, -0.05) is 25.3 Å². The smallest absolute Gasteiger partial charge is 0.439 e. The summed E-state index contributed by atoms with van der Waals surface area (Å²) in [5.41, 5.74) is -3.28. The quantitative estimate of drug-likeness (QED) is 0.226. The van der Waals surface area contributed by atoms with Crippen molar-refractivity contribution < 1.29 is 45.2 Å². The van der Waals surface area contributed by atoms with Crippen LogP contribution in [0.5, 0.6) is 0 Å². The van der Waals surface area contributed by atoms with E-state index in [9.17, 15) is 31.1 Å². The molecular weight excluding hydrogens is 615 g/mol. The van der Waals surface area contributed by atoms with E-state index in [0.717, 1.165) is 32.1 Å². The molecule has 3 heterocycles.